The van der Waals surface area contributed by atoms with Crippen LogP contribution in [0.25, 0.3) is 0 Å². The minimum atomic E-state index is 0.112. The summed E-state index contributed by atoms with van der Waals surface area (Å²) in [6, 6.07) is 0.316. The lowest BCUT2D eigenvalue weighted by Crippen LogP contribution is -2.64. The quantitative estimate of drug-likeness (QED) is 0.590. The van der Waals surface area contributed by atoms with E-state index in [2.05, 4.69) is 24.2 Å². The summed E-state index contributed by atoms with van der Waals surface area (Å²) in [6.45, 7) is 8.84. The SMILES string of the molecule is CC(C)(C(NN)C1CCCOC1)N1CCCCC1. The highest BCUT2D eigenvalue weighted by molar-refractivity contribution is 4.97. The standard InChI is InChI=1S/C14H29N3O/c1-14(2,17-8-4-3-5-9-17)13(16-15)12-7-6-10-18-11-12/h12-13,16H,3-11,15H2,1-2H3. The molecule has 0 bridgehead atoms. The summed E-state index contributed by atoms with van der Waals surface area (Å²) in [5, 5.41) is 0. The summed E-state index contributed by atoms with van der Waals surface area (Å²) in [5.41, 5.74) is 3.20. The molecule has 0 radical (unpaired) electrons. The molecular weight excluding hydrogens is 226 g/mol. The van der Waals surface area contributed by atoms with Gasteiger partial charge in [-0.25, -0.2) is 0 Å². The third-order valence-electron chi connectivity index (χ3n) is 4.78. The van der Waals surface area contributed by atoms with Crippen LogP contribution in [0.15, 0.2) is 0 Å². The van der Waals surface area contributed by atoms with Gasteiger partial charge in [-0.05, 0) is 52.6 Å². The minimum Gasteiger partial charge on any atom is -0.381 e. The Kier molecular flexibility index (Phi) is 5.01. The fraction of sp³-hybridized carbons (Fsp3) is 1.00. The molecule has 106 valence electrons. The topological polar surface area (TPSA) is 50.5 Å². The van der Waals surface area contributed by atoms with E-state index in [1.165, 1.54) is 45.2 Å². The van der Waals surface area contributed by atoms with E-state index in [-0.39, 0.29) is 5.54 Å². The largest absolute Gasteiger partial charge is 0.381 e. The van der Waals surface area contributed by atoms with Crippen LogP contribution in [0.5, 0.6) is 0 Å². The molecule has 4 nitrogen and oxygen atoms in total. The first-order chi connectivity index (χ1) is 8.66. The number of ether oxygens (including phenoxy) is 1. The lowest BCUT2D eigenvalue weighted by Gasteiger charge is -2.48. The Hall–Kier alpha value is -0.160. The second kappa shape index (κ2) is 6.33. The molecule has 3 N–H and O–H groups in total. The Morgan fingerprint density at radius 3 is 2.50 bits per heavy atom. The van der Waals surface area contributed by atoms with Crippen molar-refractivity contribution in [1.82, 2.24) is 10.3 Å². The van der Waals surface area contributed by atoms with Crippen LogP contribution in [-0.2, 0) is 4.74 Å². The monoisotopic (exact) mass is 255 g/mol. The third-order valence-corrected chi connectivity index (χ3v) is 4.78. The predicted octanol–water partition coefficient (Wildman–Crippen LogP) is 1.51. The van der Waals surface area contributed by atoms with Crippen molar-refractivity contribution in [2.45, 2.75) is 57.5 Å². The fourth-order valence-corrected chi connectivity index (χ4v) is 3.61. The second-order valence-electron chi connectivity index (χ2n) is 6.32. The number of rotatable bonds is 4. The number of hydrogen-bond acceptors (Lipinski definition) is 4. The number of nitrogens with two attached hydrogens (primary N) is 1. The number of likely N-dealkylation sites (tertiary alicyclic amines) is 1. The first-order valence-electron chi connectivity index (χ1n) is 7.45. The van der Waals surface area contributed by atoms with Crippen LogP contribution in [0.1, 0.15) is 46.0 Å². The second-order valence-corrected chi connectivity index (χ2v) is 6.32. The Bertz CT molecular complexity index is 245. The van der Waals surface area contributed by atoms with Crippen LogP contribution in [0.4, 0.5) is 0 Å². The molecule has 18 heavy (non-hydrogen) atoms. The number of nitrogens with one attached hydrogen (secondary N) is 1. The molecule has 2 aliphatic heterocycles. The maximum absolute atomic E-state index is 5.86. The van der Waals surface area contributed by atoms with Gasteiger partial charge in [0.1, 0.15) is 0 Å². The van der Waals surface area contributed by atoms with Crippen molar-refractivity contribution in [3.63, 3.8) is 0 Å². The molecule has 4 heteroatoms. The number of nitrogens with zero attached hydrogens (tertiary/aromatic N) is 1. The molecule has 0 amide bonds. The van der Waals surface area contributed by atoms with Gasteiger partial charge < -0.3 is 4.74 Å². The van der Waals surface area contributed by atoms with E-state index in [9.17, 15) is 0 Å². The summed E-state index contributed by atoms with van der Waals surface area (Å²) >= 11 is 0. The van der Waals surface area contributed by atoms with Crippen LogP contribution in [0.2, 0.25) is 0 Å². The molecule has 0 aromatic rings. The zero-order valence-electron chi connectivity index (χ0n) is 12.0. The Labute approximate surface area is 111 Å². The highest BCUT2D eigenvalue weighted by Gasteiger charge is 2.40. The zero-order valence-corrected chi connectivity index (χ0v) is 12.0. The normalized spacial score (nSPS) is 29.2. The molecule has 2 fully saturated rings. The molecule has 2 rings (SSSR count). The molecular formula is C14H29N3O. The van der Waals surface area contributed by atoms with Gasteiger partial charge in [-0.15, -0.1) is 0 Å². The smallest absolute Gasteiger partial charge is 0.0510 e. The van der Waals surface area contributed by atoms with Crippen LogP contribution in [0.3, 0.4) is 0 Å². The van der Waals surface area contributed by atoms with Crippen LogP contribution < -0.4 is 11.3 Å². The van der Waals surface area contributed by atoms with E-state index < -0.39 is 0 Å². The van der Waals surface area contributed by atoms with Gasteiger partial charge in [-0.3, -0.25) is 16.2 Å². The average molecular weight is 255 g/mol. The molecule has 0 aromatic carbocycles. The first-order valence-corrected chi connectivity index (χ1v) is 7.45. The van der Waals surface area contributed by atoms with Crippen LogP contribution in [-0.4, -0.2) is 42.8 Å². The van der Waals surface area contributed by atoms with Crippen molar-refractivity contribution in [2.24, 2.45) is 11.8 Å². The van der Waals surface area contributed by atoms with Gasteiger partial charge in [0.15, 0.2) is 0 Å². The van der Waals surface area contributed by atoms with Crippen molar-refractivity contribution in [2.75, 3.05) is 26.3 Å². The van der Waals surface area contributed by atoms with Gasteiger partial charge in [0.05, 0.1) is 6.61 Å². The van der Waals surface area contributed by atoms with E-state index in [4.69, 9.17) is 10.6 Å². The zero-order chi connectivity index (χ0) is 13.0. The molecule has 2 unspecified atom stereocenters. The van der Waals surface area contributed by atoms with Gasteiger partial charge in [0, 0.05) is 24.1 Å². The maximum Gasteiger partial charge on any atom is 0.0510 e. The van der Waals surface area contributed by atoms with E-state index in [1.54, 1.807) is 0 Å². The van der Waals surface area contributed by atoms with Crippen LogP contribution >= 0.6 is 0 Å². The van der Waals surface area contributed by atoms with E-state index in [0.717, 1.165) is 13.2 Å². The first kappa shape index (κ1) is 14.3. The maximum atomic E-state index is 5.86. The Morgan fingerprint density at radius 1 is 1.22 bits per heavy atom. The lowest BCUT2D eigenvalue weighted by molar-refractivity contribution is -0.0139. The molecule has 2 atom stereocenters. The Balaban J connectivity index is 2.03. The summed E-state index contributed by atoms with van der Waals surface area (Å²) in [7, 11) is 0. The summed E-state index contributed by atoms with van der Waals surface area (Å²) in [5.74, 6) is 6.41. The van der Waals surface area contributed by atoms with Crippen molar-refractivity contribution in [1.29, 1.82) is 0 Å². The van der Waals surface area contributed by atoms with Gasteiger partial charge >= 0.3 is 0 Å². The van der Waals surface area contributed by atoms with Crippen LogP contribution in [0, 0.1) is 5.92 Å². The van der Waals surface area contributed by atoms with Crippen molar-refractivity contribution in [3.8, 4) is 0 Å². The number of hydrogen-bond donors (Lipinski definition) is 2. The highest BCUT2D eigenvalue weighted by atomic mass is 16.5. The van der Waals surface area contributed by atoms with Gasteiger partial charge in [-0.2, -0.15) is 0 Å². The average Bonchev–Trinajstić information content (AvgIpc) is 2.41. The van der Waals surface area contributed by atoms with Gasteiger partial charge in [0.25, 0.3) is 0 Å². The fourth-order valence-electron chi connectivity index (χ4n) is 3.61. The molecule has 2 saturated heterocycles. The van der Waals surface area contributed by atoms with Crippen molar-refractivity contribution < 1.29 is 4.74 Å². The van der Waals surface area contributed by atoms with Gasteiger partial charge in [0.2, 0.25) is 0 Å². The lowest BCUT2D eigenvalue weighted by atomic mass is 9.80. The van der Waals surface area contributed by atoms with E-state index in [0.29, 0.717) is 12.0 Å². The summed E-state index contributed by atoms with van der Waals surface area (Å²) in [4.78, 5) is 2.61. The highest BCUT2D eigenvalue weighted by Crippen LogP contribution is 2.30. The third kappa shape index (κ3) is 3.05. The summed E-state index contributed by atoms with van der Waals surface area (Å²) < 4.78 is 5.63. The molecule has 2 heterocycles. The molecule has 0 saturated carbocycles. The van der Waals surface area contributed by atoms with E-state index in [1.807, 2.05) is 0 Å². The van der Waals surface area contributed by atoms with Crippen molar-refractivity contribution >= 4 is 0 Å². The Morgan fingerprint density at radius 2 is 1.94 bits per heavy atom. The summed E-state index contributed by atoms with van der Waals surface area (Å²) in [6.07, 6.45) is 6.41. The number of hydrazine groups is 1. The molecule has 0 spiro atoms. The van der Waals surface area contributed by atoms with Gasteiger partial charge in [-0.1, -0.05) is 6.42 Å². The molecule has 0 aromatic heterocycles. The number of piperidine rings is 1. The molecule has 0 aliphatic carbocycles. The van der Waals surface area contributed by atoms with Crippen molar-refractivity contribution in [3.05, 3.63) is 0 Å². The van der Waals surface area contributed by atoms with E-state index >= 15 is 0 Å². The minimum absolute atomic E-state index is 0.112. The molecule has 2 aliphatic rings. The predicted molar refractivity (Wildman–Crippen MR) is 74.2 cm³/mol.